The van der Waals surface area contributed by atoms with Crippen LogP contribution < -0.4 is 5.32 Å². The van der Waals surface area contributed by atoms with E-state index in [0.717, 1.165) is 48.7 Å². The van der Waals surface area contributed by atoms with E-state index < -0.39 is 0 Å². The van der Waals surface area contributed by atoms with Crippen molar-refractivity contribution in [3.05, 3.63) is 58.9 Å². The Kier molecular flexibility index (Phi) is 5.64. The Bertz CT molecular complexity index is 991. The molecule has 1 fully saturated rings. The number of hydrogen-bond donors (Lipinski definition) is 1. The van der Waals surface area contributed by atoms with Crippen LogP contribution >= 0.6 is 11.6 Å². The molecule has 2 heterocycles. The van der Waals surface area contributed by atoms with Gasteiger partial charge in [0.1, 0.15) is 5.82 Å². The quantitative estimate of drug-likeness (QED) is 0.664. The Labute approximate surface area is 170 Å². The summed E-state index contributed by atoms with van der Waals surface area (Å²) in [6.07, 6.45) is 3.87. The average molecular weight is 397 g/mol. The number of nitrogens with zero attached hydrogens (tertiary/aromatic N) is 3. The highest BCUT2D eigenvalue weighted by Crippen LogP contribution is 2.24. The van der Waals surface area contributed by atoms with Gasteiger partial charge in [0.2, 0.25) is 0 Å². The minimum absolute atomic E-state index is 0.214. The summed E-state index contributed by atoms with van der Waals surface area (Å²) < 4.78 is 2.27. The van der Waals surface area contributed by atoms with Crippen molar-refractivity contribution in [2.24, 2.45) is 0 Å². The fourth-order valence-electron chi connectivity index (χ4n) is 3.89. The second-order valence-electron chi connectivity index (χ2n) is 7.25. The highest BCUT2D eigenvalue weighted by molar-refractivity contribution is 6.34. The van der Waals surface area contributed by atoms with E-state index in [9.17, 15) is 4.79 Å². The number of hydrogen-bond acceptors (Lipinski definition) is 3. The molecule has 1 N–H and O–H groups in total. The molecule has 28 heavy (non-hydrogen) atoms. The maximum Gasteiger partial charge on any atom is 0.257 e. The molecule has 3 aromatic rings. The Morgan fingerprint density at radius 3 is 2.68 bits per heavy atom. The van der Waals surface area contributed by atoms with Crippen molar-refractivity contribution in [1.82, 2.24) is 14.5 Å². The lowest BCUT2D eigenvalue weighted by atomic mass is 10.1. The Balaban J connectivity index is 1.58. The van der Waals surface area contributed by atoms with Gasteiger partial charge in [-0.25, -0.2) is 4.98 Å². The fourth-order valence-corrected chi connectivity index (χ4v) is 4.11. The zero-order valence-electron chi connectivity index (χ0n) is 16.1. The van der Waals surface area contributed by atoms with Crippen LogP contribution in [0.1, 0.15) is 42.4 Å². The molecule has 146 valence electrons. The lowest BCUT2D eigenvalue weighted by Crippen LogP contribution is -2.30. The van der Waals surface area contributed by atoms with Crippen LogP contribution in [0.25, 0.3) is 11.0 Å². The van der Waals surface area contributed by atoms with Gasteiger partial charge < -0.3 is 9.88 Å². The summed E-state index contributed by atoms with van der Waals surface area (Å²) in [5.74, 6) is 0.877. The number of carbonyl (C=O) groups excluding carboxylic acids is 1. The Morgan fingerprint density at radius 1 is 1.14 bits per heavy atom. The average Bonchev–Trinajstić information content (AvgIpc) is 3.05. The smallest absolute Gasteiger partial charge is 0.257 e. The molecule has 6 heteroatoms. The van der Waals surface area contributed by atoms with Crippen LogP contribution in [0.3, 0.4) is 0 Å². The number of fused-ring (bicyclic) bond motifs is 1. The van der Waals surface area contributed by atoms with E-state index in [0.29, 0.717) is 10.6 Å². The SMILES string of the molecule is CCn1c(CN2CCCCC2)nc2cc(NC(=O)c3ccccc3Cl)ccc21. The first-order valence-electron chi connectivity index (χ1n) is 9.93. The predicted octanol–water partition coefficient (Wildman–Crippen LogP) is 4.95. The standard InChI is InChI=1S/C22H25ClN4O/c1-2-27-20-11-10-16(24-22(28)17-8-4-5-9-18(17)23)14-19(20)25-21(27)15-26-12-6-3-7-13-26/h4-5,8-11,14H,2-3,6-7,12-13,15H2,1H3,(H,24,28). The Hall–Kier alpha value is -2.37. The maximum absolute atomic E-state index is 12.5. The molecule has 4 rings (SSSR count). The topological polar surface area (TPSA) is 50.2 Å². The highest BCUT2D eigenvalue weighted by Gasteiger charge is 2.17. The van der Waals surface area contributed by atoms with Crippen LogP contribution in [-0.2, 0) is 13.1 Å². The lowest BCUT2D eigenvalue weighted by Gasteiger charge is -2.26. The number of aryl methyl sites for hydroxylation is 1. The van der Waals surface area contributed by atoms with Crippen LogP contribution in [0.2, 0.25) is 5.02 Å². The molecule has 1 amide bonds. The summed E-state index contributed by atoms with van der Waals surface area (Å²) in [4.78, 5) is 19.9. The van der Waals surface area contributed by atoms with Crippen molar-refractivity contribution in [1.29, 1.82) is 0 Å². The summed E-state index contributed by atoms with van der Waals surface area (Å²) in [5, 5.41) is 3.38. The molecular weight excluding hydrogens is 372 g/mol. The van der Waals surface area contributed by atoms with Crippen molar-refractivity contribution >= 4 is 34.2 Å². The minimum atomic E-state index is -0.214. The van der Waals surface area contributed by atoms with Crippen molar-refractivity contribution in [3.63, 3.8) is 0 Å². The molecule has 0 radical (unpaired) electrons. The molecule has 1 aliphatic rings. The highest BCUT2D eigenvalue weighted by atomic mass is 35.5. The van der Waals surface area contributed by atoms with Gasteiger partial charge in [0, 0.05) is 12.2 Å². The number of imidazole rings is 1. The van der Waals surface area contributed by atoms with E-state index in [-0.39, 0.29) is 5.91 Å². The number of aromatic nitrogens is 2. The molecule has 1 saturated heterocycles. The molecule has 0 unspecified atom stereocenters. The van der Waals surface area contributed by atoms with E-state index >= 15 is 0 Å². The van der Waals surface area contributed by atoms with Gasteiger partial charge in [0.15, 0.2) is 0 Å². The van der Waals surface area contributed by atoms with Crippen molar-refractivity contribution in [2.75, 3.05) is 18.4 Å². The monoisotopic (exact) mass is 396 g/mol. The number of piperidine rings is 1. The first kappa shape index (κ1) is 19.0. The third kappa shape index (κ3) is 3.91. The van der Waals surface area contributed by atoms with E-state index in [2.05, 4.69) is 21.7 Å². The van der Waals surface area contributed by atoms with Gasteiger partial charge in [-0.05, 0) is 63.2 Å². The van der Waals surface area contributed by atoms with Crippen molar-refractivity contribution < 1.29 is 4.79 Å². The van der Waals surface area contributed by atoms with Crippen LogP contribution in [-0.4, -0.2) is 33.4 Å². The van der Waals surface area contributed by atoms with Gasteiger partial charge in [-0.1, -0.05) is 30.2 Å². The number of carbonyl (C=O) groups is 1. The van der Waals surface area contributed by atoms with Gasteiger partial charge >= 0.3 is 0 Å². The predicted molar refractivity (Wildman–Crippen MR) is 114 cm³/mol. The largest absolute Gasteiger partial charge is 0.327 e. The molecule has 0 bridgehead atoms. The molecule has 5 nitrogen and oxygen atoms in total. The summed E-state index contributed by atoms with van der Waals surface area (Å²) in [6, 6.07) is 13.0. The second-order valence-corrected chi connectivity index (χ2v) is 7.65. The summed E-state index contributed by atoms with van der Waals surface area (Å²) in [7, 11) is 0. The van der Waals surface area contributed by atoms with Gasteiger partial charge in [-0.3, -0.25) is 9.69 Å². The molecule has 0 atom stereocenters. The number of amides is 1. The van der Waals surface area contributed by atoms with Crippen molar-refractivity contribution in [3.8, 4) is 0 Å². The number of likely N-dealkylation sites (tertiary alicyclic amines) is 1. The zero-order chi connectivity index (χ0) is 19.5. The third-order valence-electron chi connectivity index (χ3n) is 5.33. The van der Waals surface area contributed by atoms with Gasteiger partial charge in [-0.15, -0.1) is 0 Å². The number of nitrogens with one attached hydrogen (secondary N) is 1. The van der Waals surface area contributed by atoms with Crippen LogP contribution in [0.4, 0.5) is 5.69 Å². The molecule has 1 aromatic heterocycles. The van der Waals surface area contributed by atoms with Gasteiger partial charge in [-0.2, -0.15) is 0 Å². The molecule has 0 saturated carbocycles. The zero-order valence-corrected chi connectivity index (χ0v) is 16.9. The van der Waals surface area contributed by atoms with E-state index in [1.54, 1.807) is 18.2 Å². The van der Waals surface area contributed by atoms with Gasteiger partial charge in [0.05, 0.1) is 28.2 Å². The minimum Gasteiger partial charge on any atom is -0.327 e. The van der Waals surface area contributed by atoms with Crippen LogP contribution in [0, 0.1) is 0 Å². The van der Waals surface area contributed by atoms with E-state index in [1.165, 1.54) is 19.3 Å². The third-order valence-corrected chi connectivity index (χ3v) is 5.66. The number of halogens is 1. The normalized spacial score (nSPS) is 15.1. The first-order valence-corrected chi connectivity index (χ1v) is 10.3. The van der Waals surface area contributed by atoms with Crippen LogP contribution in [0.15, 0.2) is 42.5 Å². The summed E-state index contributed by atoms with van der Waals surface area (Å²) in [6.45, 7) is 6.20. The Morgan fingerprint density at radius 2 is 1.93 bits per heavy atom. The summed E-state index contributed by atoms with van der Waals surface area (Å²) >= 11 is 6.13. The first-order chi connectivity index (χ1) is 13.7. The number of rotatable bonds is 5. The van der Waals surface area contributed by atoms with Gasteiger partial charge in [0.25, 0.3) is 5.91 Å². The number of anilines is 1. The maximum atomic E-state index is 12.5. The summed E-state index contributed by atoms with van der Waals surface area (Å²) in [5.41, 5.74) is 3.20. The number of benzene rings is 2. The van der Waals surface area contributed by atoms with Crippen molar-refractivity contribution in [2.45, 2.75) is 39.3 Å². The second kappa shape index (κ2) is 8.33. The molecule has 2 aromatic carbocycles. The molecule has 0 aliphatic carbocycles. The molecule has 0 spiro atoms. The molecule has 1 aliphatic heterocycles. The fraction of sp³-hybridized carbons (Fsp3) is 0.364. The lowest BCUT2D eigenvalue weighted by molar-refractivity contribution is 0.102. The molecular formula is C22H25ClN4O. The van der Waals surface area contributed by atoms with E-state index in [4.69, 9.17) is 16.6 Å². The van der Waals surface area contributed by atoms with E-state index in [1.807, 2.05) is 24.3 Å². The van der Waals surface area contributed by atoms with Crippen LogP contribution in [0.5, 0.6) is 0 Å².